The Morgan fingerprint density at radius 2 is 1.62 bits per heavy atom. The van der Waals surface area contributed by atoms with Crippen molar-refractivity contribution in [2.45, 2.75) is 20.3 Å². The first-order valence-corrected chi connectivity index (χ1v) is 5.69. The van der Waals surface area contributed by atoms with Crippen molar-refractivity contribution in [2.24, 2.45) is 0 Å². The van der Waals surface area contributed by atoms with Gasteiger partial charge in [0, 0.05) is 10.8 Å². The van der Waals surface area contributed by atoms with E-state index in [9.17, 15) is 0 Å². The second-order valence-electron chi connectivity index (χ2n) is 4.29. The van der Waals surface area contributed by atoms with Gasteiger partial charge in [-0.2, -0.15) is 0 Å². The van der Waals surface area contributed by atoms with Gasteiger partial charge in [-0.3, -0.25) is 0 Å². The molecule has 3 rings (SSSR count). The number of furan rings is 1. The molecule has 0 spiro atoms. The van der Waals surface area contributed by atoms with Crippen LogP contribution in [0.2, 0.25) is 0 Å². The third-order valence-corrected chi connectivity index (χ3v) is 3.10. The number of fused-ring (bicyclic) bond motifs is 3. The standard InChI is InChI=1S/C15H14O/c1-3-11-5-7-15-13(9-11)12-8-10(2)4-6-14(12)16-15/h4-9H,3H2,1-2H3. The van der Waals surface area contributed by atoms with Crippen LogP contribution in [0.1, 0.15) is 18.1 Å². The molecule has 0 fully saturated rings. The molecule has 3 aromatic rings. The van der Waals surface area contributed by atoms with Crippen LogP contribution in [0, 0.1) is 6.92 Å². The second kappa shape index (κ2) is 3.38. The van der Waals surface area contributed by atoms with Gasteiger partial charge in [0.2, 0.25) is 0 Å². The number of aryl methyl sites for hydroxylation is 2. The molecule has 0 saturated carbocycles. The molecule has 0 amide bonds. The van der Waals surface area contributed by atoms with Gasteiger partial charge in [0.1, 0.15) is 11.2 Å². The molecule has 1 heteroatoms. The zero-order valence-corrected chi connectivity index (χ0v) is 9.58. The van der Waals surface area contributed by atoms with Gasteiger partial charge in [-0.25, -0.2) is 0 Å². The molecule has 1 heterocycles. The smallest absolute Gasteiger partial charge is 0.135 e. The first kappa shape index (κ1) is 9.46. The van der Waals surface area contributed by atoms with E-state index in [4.69, 9.17) is 4.42 Å². The van der Waals surface area contributed by atoms with E-state index in [1.807, 2.05) is 0 Å². The molecule has 1 aromatic heterocycles. The number of benzene rings is 2. The van der Waals surface area contributed by atoms with Gasteiger partial charge in [0.15, 0.2) is 0 Å². The zero-order chi connectivity index (χ0) is 11.1. The van der Waals surface area contributed by atoms with Crippen LogP contribution in [0.4, 0.5) is 0 Å². The molecule has 0 aliphatic rings. The van der Waals surface area contributed by atoms with Crippen LogP contribution < -0.4 is 0 Å². The first-order chi connectivity index (χ1) is 7.78. The van der Waals surface area contributed by atoms with Crippen molar-refractivity contribution in [3.8, 4) is 0 Å². The third kappa shape index (κ3) is 1.32. The van der Waals surface area contributed by atoms with Crippen LogP contribution in [0.15, 0.2) is 40.8 Å². The van der Waals surface area contributed by atoms with Crippen molar-refractivity contribution in [1.82, 2.24) is 0 Å². The van der Waals surface area contributed by atoms with Crippen molar-refractivity contribution in [3.05, 3.63) is 47.5 Å². The molecular formula is C15H14O. The van der Waals surface area contributed by atoms with Gasteiger partial charge in [0.05, 0.1) is 0 Å². The molecule has 0 aliphatic carbocycles. The van der Waals surface area contributed by atoms with Crippen molar-refractivity contribution in [1.29, 1.82) is 0 Å². The summed E-state index contributed by atoms with van der Waals surface area (Å²) in [6.45, 7) is 4.29. The molecule has 2 aromatic carbocycles. The highest BCUT2D eigenvalue weighted by molar-refractivity contribution is 6.05. The lowest BCUT2D eigenvalue weighted by molar-refractivity contribution is 0.668. The third-order valence-electron chi connectivity index (χ3n) is 3.10. The Bertz CT molecular complexity index is 662. The summed E-state index contributed by atoms with van der Waals surface area (Å²) in [5.74, 6) is 0. The molecule has 0 aliphatic heterocycles. The molecule has 0 unspecified atom stereocenters. The normalized spacial score (nSPS) is 11.4. The topological polar surface area (TPSA) is 13.1 Å². The van der Waals surface area contributed by atoms with E-state index in [1.165, 1.54) is 21.9 Å². The summed E-state index contributed by atoms with van der Waals surface area (Å²) in [7, 11) is 0. The van der Waals surface area contributed by atoms with E-state index in [2.05, 4.69) is 50.2 Å². The maximum absolute atomic E-state index is 5.81. The Morgan fingerprint density at radius 3 is 2.38 bits per heavy atom. The van der Waals surface area contributed by atoms with E-state index in [-0.39, 0.29) is 0 Å². The summed E-state index contributed by atoms with van der Waals surface area (Å²) in [6, 6.07) is 12.8. The predicted octanol–water partition coefficient (Wildman–Crippen LogP) is 4.46. The minimum absolute atomic E-state index is 0.980. The van der Waals surface area contributed by atoms with Crippen molar-refractivity contribution < 1.29 is 4.42 Å². The summed E-state index contributed by atoms with van der Waals surface area (Å²) in [4.78, 5) is 0. The van der Waals surface area contributed by atoms with Crippen LogP contribution in [-0.2, 0) is 6.42 Å². The van der Waals surface area contributed by atoms with Crippen LogP contribution in [-0.4, -0.2) is 0 Å². The summed E-state index contributed by atoms with van der Waals surface area (Å²) in [5.41, 5.74) is 4.60. The highest BCUT2D eigenvalue weighted by Gasteiger charge is 2.06. The van der Waals surface area contributed by atoms with Crippen LogP contribution in [0.5, 0.6) is 0 Å². The Morgan fingerprint density at radius 1 is 0.938 bits per heavy atom. The van der Waals surface area contributed by atoms with Crippen molar-refractivity contribution in [3.63, 3.8) is 0 Å². The summed E-state index contributed by atoms with van der Waals surface area (Å²) in [6.07, 6.45) is 1.06. The van der Waals surface area contributed by atoms with Gasteiger partial charge >= 0.3 is 0 Å². The maximum atomic E-state index is 5.81. The van der Waals surface area contributed by atoms with E-state index in [0.717, 1.165) is 17.6 Å². The number of rotatable bonds is 1. The van der Waals surface area contributed by atoms with Gasteiger partial charge in [-0.1, -0.05) is 24.6 Å². The monoisotopic (exact) mass is 210 g/mol. The van der Waals surface area contributed by atoms with E-state index in [1.54, 1.807) is 0 Å². The summed E-state index contributed by atoms with van der Waals surface area (Å²) < 4.78 is 5.81. The van der Waals surface area contributed by atoms with E-state index < -0.39 is 0 Å². The quantitative estimate of drug-likeness (QED) is 0.578. The first-order valence-electron chi connectivity index (χ1n) is 5.69. The molecule has 0 radical (unpaired) electrons. The fraction of sp³-hybridized carbons (Fsp3) is 0.200. The minimum atomic E-state index is 0.980. The summed E-state index contributed by atoms with van der Waals surface area (Å²) in [5, 5.41) is 2.46. The Labute approximate surface area is 94.7 Å². The largest absolute Gasteiger partial charge is 0.456 e. The number of hydrogen-bond donors (Lipinski definition) is 0. The maximum Gasteiger partial charge on any atom is 0.135 e. The highest BCUT2D eigenvalue weighted by atomic mass is 16.3. The Kier molecular flexibility index (Phi) is 2.00. The van der Waals surface area contributed by atoms with E-state index >= 15 is 0 Å². The molecule has 16 heavy (non-hydrogen) atoms. The molecule has 0 atom stereocenters. The molecule has 1 nitrogen and oxygen atoms in total. The lowest BCUT2D eigenvalue weighted by Crippen LogP contribution is -1.77. The number of hydrogen-bond acceptors (Lipinski definition) is 1. The van der Waals surface area contributed by atoms with E-state index in [0.29, 0.717) is 0 Å². The average Bonchev–Trinajstić information content (AvgIpc) is 2.66. The lowest BCUT2D eigenvalue weighted by Gasteiger charge is -1.95. The summed E-state index contributed by atoms with van der Waals surface area (Å²) >= 11 is 0. The fourth-order valence-electron chi connectivity index (χ4n) is 2.16. The SMILES string of the molecule is CCc1ccc2oc3ccc(C)cc3c2c1. The minimum Gasteiger partial charge on any atom is -0.456 e. The van der Waals surface area contributed by atoms with Crippen molar-refractivity contribution in [2.75, 3.05) is 0 Å². The highest BCUT2D eigenvalue weighted by Crippen LogP contribution is 2.30. The Balaban J connectivity index is 2.44. The van der Waals surface area contributed by atoms with Crippen LogP contribution in [0.25, 0.3) is 21.9 Å². The average molecular weight is 210 g/mol. The molecule has 0 bridgehead atoms. The van der Waals surface area contributed by atoms with Gasteiger partial charge in [0.25, 0.3) is 0 Å². The van der Waals surface area contributed by atoms with Crippen molar-refractivity contribution >= 4 is 21.9 Å². The zero-order valence-electron chi connectivity index (χ0n) is 9.58. The fourth-order valence-corrected chi connectivity index (χ4v) is 2.16. The lowest BCUT2D eigenvalue weighted by atomic mass is 10.1. The van der Waals surface area contributed by atoms with Crippen LogP contribution in [0.3, 0.4) is 0 Å². The van der Waals surface area contributed by atoms with Gasteiger partial charge in [-0.15, -0.1) is 0 Å². The molecule has 0 saturated heterocycles. The molecule has 80 valence electrons. The predicted molar refractivity (Wildman–Crippen MR) is 67.8 cm³/mol. The Hall–Kier alpha value is -1.76. The van der Waals surface area contributed by atoms with Gasteiger partial charge < -0.3 is 4.42 Å². The second-order valence-corrected chi connectivity index (χ2v) is 4.29. The van der Waals surface area contributed by atoms with Crippen LogP contribution >= 0.6 is 0 Å². The molecule has 0 N–H and O–H groups in total. The van der Waals surface area contributed by atoms with Gasteiger partial charge in [-0.05, 0) is 43.2 Å². The molecular weight excluding hydrogens is 196 g/mol.